The third kappa shape index (κ3) is 6.90. The van der Waals surface area contributed by atoms with Gasteiger partial charge in [0.15, 0.2) is 0 Å². The van der Waals surface area contributed by atoms with Crippen LogP contribution in [0.5, 0.6) is 0 Å². The van der Waals surface area contributed by atoms with E-state index in [0.29, 0.717) is 0 Å². The summed E-state index contributed by atoms with van der Waals surface area (Å²) >= 11 is 4.16. The summed E-state index contributed by atoms with van der Waals surface area (Å²) < 4.78 is 0. The largest absolute Gasteiger partial charge is 0.157 e. The number of hydrogen-bond donors (Lipinski definition) is 0. The van der Waals surface area contributed by atoms with E-state index in [4.69, 9.17) is 0 Å². The van der Waals surface area contributed by atoms with Crippen molar-refractivity contribution in [1.29, 1.82) is 0 Å². The average Bonchev–Trinajstić information content (AvgIpc) is 3.57. The van der Waals surface area contributed by atoms with Crippen LogP contribution in [-0.2, 0) is 11.8 Å². The van der Waals surface area contributed by atoms with Crippen LogP contribution in [-0.4, -0.2) is 5.75 Å². The van der Waals surface area contributed by atoms with Crippen LogP contribution in [0.15, 0.2) is 51.1 Å². The van der Waals surface area contributed by atoms with Crippen LogP contribution in [0, 0.1) is 12.8 Å². The molecule has 2 atom stereocenters. The molecule has 3 heterocycles. The van der Waals surface area contributed by atoms with Crippen LogP contribution in [0.4, 0.5) is 0 Å². The Balaban J connectivity index is 1.82. The Kier molecular flexibility index (Phi) is 10.9. The number of unbranched alkanes of at least 4 members (excludes halogenated alkanes) is 6. The Morgan fingerprint density at radius 1 is 0.718 bits per heavy atom. The molecule has 1 aromatic carbocycles. The van der Waals surface area contributed by atoms with E-state index in [1.54, 1.807) is 29.3 Å². The average molecular weight is 583 g/mol. The minimum absolute atomic E-state index is 0.192. The van der Waals surface area contributed by atoms with Crippen molar-refractivity contribution < 1.29 is 0 Å². The molecule has 3 heteroatoms. The molecule has 1 aliphatic heterocycles. The molecular weight excluding hydrogens is 529 g/mol. The third-order valence-corrected chi connectivity index (χ3v) is 15.8. The van der Waals surface area contributed by atoms with Crippen LogP contribution in [0.3, 0.4) is 0 Å². The van der Waals surface area contributed by atoms with Gasteiger partial charge in [-0.1, -0.05) is 105 Å². The highest BCUT2D eigenvalue weighted by Gasteiger charge is 2.45. The maximum absolute atomic E-state index is 2.67. The molecule has 0 aliphatic carbocycles. The van der Waals surface area contributed by atoms with Crippen LogP contribution in [0.2, 0.25) is 0 Å². The Hall–Kier alpha value is -1.03. The fourth-order valence-corrected chi connectivity index (χ4v) is 14.2. The second kappa shape index (κ2) is 13.8. The van der Waals surface area contributed by atoms with E-state index < -0.39 is 10.0 Å². The quantitative estimate of drug-likeness (QED) is 0.156. The van der Waals surface area contributed by atoms with E-state index in [-0.39, 0.29) is 5.41 Å². The lowest BCUT2D eigenvalue weighted by molar-refractivity contribution is 0.449. The van der Waals surface area contributed by atoms with Crippen LogP contribution >= 0.6 is 32.7 Å². The lowest BCUT2D eigenvalue weighted by Crippen LogP contribution is -2.15. The summed E-state index contributed by atoms with van der Waals surface area (Å²) in [7, 11) is -1.27. The molecule has 0 nitrogen and oxygen atoms in total. The summed E-state index contributed by atoms with van der Waals surface area (Å²) in [6.45, 7) is 16.5. The summed E-state index contributed by atoms with van der Waals surface area (Å²) in [5, 5.41) is 0. The van der Waals surface area contributed by atoms with Gasteiger partial charge < -0.3 is 0 Å². The summed E-state index contributed by atoms with van der Waals surface area (Å²) in [5.74, 6) is 2.14. The number of thiophene rings is 2. The zero-order valence-electron chi connectivity index (χ0n) is 26.0. The van der Waals surface area contributed by atoms with Gasteiger partial charge in [-0.05, 0) is 84.4 Å². The van der Waals surface area contributed by atoms with Crippen molar-refractivity contribution in [2.24, 2.45) is 5.92 Å². The van der Waals surface area contributed by atoms with Crippen molar-refractivity contribution in [3.8, 4) is 9.75 Å². The van der Waals surface area contributed by atoms with Gasteiger partial charge in [-0.15, -0.1) is 22.7 Å². The lowest BCUT2D eigenvalue weighted by atomic mass is 9.95. The molecule has 0 saturated carbocycles. The molecule has 2 unspecified atom stereocenters. The number of fused-ring (bicyclic) bond motifs is 3. The molecule has 0 radical (unpaired) electrons. The highest BCUT2D eigenvalue weighted by Crippen LogP contribution is 2.79. The summed E-state index contributed by atoms with van der Waals surface area (Å²) in [4.78, 5) is 11.3. The minimum Gasteiger partial charge on any atom is -0.157 e. The van der Waals surface area contributed by atoms with Crippen LogP contribution < -0.4 is 0 Å². The van der Waals surface area contributed by atoms with Crippen LogP contribution in [0.1, 0.15) is 127 Å². The standard InChI is InChI=1S/C36H54S3/c1-8-11-14-16-19-29(17-13-10-3)26-39(30-22-20-28(21-23-30)18-15-12-9-2)31-24-27(4)37-34(31)35-32(39)25-33(38-35)36(5,6)7/h20-25,29H,8-19,26H2,1-7H3. The fraction of sp³-hybridized carbons (Fsp3) is 0.611. The molecule has 4 rings (SSSR count). The molecular formula is C36H54S3. The van der Waals surface area contributed by atoms with Crippen molar-refractivity contribution in [3.63, 3.8) is 0 Å². The predicted octanol–water partition coefficient (Wildman–Crippen LogP) is 13.2. The first-order valence-corrected chi connectivity index (χ1v) is 19.3. The van der Waals surface area contributed by atoms with Crippen molar-refractivity contribution in [3.05, 3.63) is 51.7 Å². The van der Waals surface area contributed by atoms with E-state index in [9.17, 15) is 0 Å². The van der Waals surface area contributed by atoms with E-state index in [0.717, 1.165) is 5.92 Å². The maximum atomic E-state index is 2.67. The van der Waals surface area contributed by atoms with E-state index in [2.05, 4.69) is 108 Å². The Labute approximate surface area is 250 Å². The van der Waals surface area contributed by atoms with E-state index in [1.807, 2.05) is 0 Å². The second-order valence-electron chi connectivity index (χ2n) is 13.0. The number of benzene rings is 1. The highest BCUT2D eigenvalue weighted by atomic mass is 32.3. The smallest absolute Gasteiger partial charge is 0.0584 e. The Morgan fingerprint density at radius 2 is 1.33 bits per heavy atom. The van der Waals surface area contributed by atoms with Gasteiger partial charge in [0, 0.05) is 19.5 Å². The summed E-state index contributed by atoms with van der Waals surface area (Å²) in [5.41, 5.74) is 1.71. The molecule has 0 bridgehead atoms. The molecule has 0 saturated heterocycles. The lowest BCUT2D eigenvalue weighted by Gasteiger charge is -2.41. The molecule has 0 amide bonds. The normalized spacial score (nSPS) is 19.1. The van der Waals surface area contributed by atoms with Gasteiger partial charge in [-0.25, -0.2) is 0 Å². The van der Waals surface area contributed by atoms with Crippen molar-refractivity contribution >= 4 is 32.7 Å². The molecule has 0 spiro atoms. The first kappa shape index (κ1) is 30.9. The zero-order valence-corrected chi connectivity index (χ0v) is 28.4. The third-order valence-electron chi connectivity index (χ3n) is 8.53. The number of hydrogen-bond acceptors (Lipinski definition) is 2. The first-order valence-electron chi connectivity index (χ1n) is 15.9. The minimum atomic E-state index is -1.27. The van der Waals surface area contributed by atoms with Crippen molar-refractivity contribution in [1.82, 2.24) is 0 Å². The van der Waals surface area contributed by atoms with Crippen molar-refractivity contribution in [2.45, 2.75) is 146 Å². The Morgan fingerprint density at radius 3 is 2.00 bits per heavy atom. The van der Waals surface area contributed by atoms with E-state index >= 15 is 0 Å². The van der Waals surface area contributed by atoms with Gasteiger partial charge in [-0.2, -0.15) is 10.0 Å². The van der Waals surface area contributed by atoms with Gasteiger partial charge in [0.25, 0.3) is 0 Å². The molecule has 0 N–H and O–H groups in total. The summed E-state index contributed by atoms with van der Waals surface area (Å²) in [6.07, 6.45) is 16.1. The number of aryl methyl sites for hydroxylation is 2. The van der Waals surface area contributed by atoms with Gasteiger partial charge in [0.2, 0.25) is 0 Å². The fourth-order valence-electron chi connectivity index (χ4n) is 6.20. The molecule has 3 aromatic rings. The highest BCUT2D eigenvalue weighted by molar-refractivity contribution is 8.34. The molecule has 1 aliphatic rings. The van der Waals surface area contributed by atoms with E-state index in [1.165, 1.54) is 93.2 Å². The topological polar surface area (TPSA) is 0 Å². The van der Waals surface area contributed by atoms with Gasteiger partial charge in [-0.3, -0.25) is 0 Å². The van der Waals surface area contributed by atoms with Gasteiger partial charge in [0.05, 0.1) is 9.75 Å². The Bertz CT molecular complexity index is 1170. The molecule has 216 valence electrons. The summed E-state index contributed by atoms with van der Waals surface area (Å²) in [6, 6.07) is 15.4. The number of rotatable bonds is 15. The monoisotopic (exact) mass is 582 g/mol. The van der Waals surface area contributed by atoms with Crippen LogP contribution in [0.25, 0.3) is 9.75 Å². The second-order valence-corrected chi connectivity index (χ2v) is 18.4. The maximum Gasteiger partial charge on any atom is 0.0584 e. The first-order chi connectivity index (χ1) is 18.7. The SMILES string of the molecule is CCCCCCC(CCCC)CS1(c2ccc(CCCCC)cc2)c2cc(C)sc2-c2sc(C(C)(C)C)cc21. The molecule has 2 aromatic heterocycles. The van der Waals surface area contributed by atoms with Crippen molar-refractivity contribution in [2.75, 3.05) is 5.75 Å². The predicted molar refractivity (Wildman–Crippen MR) is 180 cm³/mol. The van der Waals surface area contributed by atoms with Gasteiger partial charge in [0.1, 0.15) is 0 Å². The molecule has 39 heavy (non-hydrogen) atoms. The zero-order chi connectivity index (χ0) is 28.0. The van der Waals surface area contributed by atoms with Gasteiger partial charge >= 0.3 is 0 Å². The molecule has 0 fully saturated rings.